The second kappa shape index (κ2) is 4.22. The Balaban J connectivity index is 1.73. The molecule has 0 aromatic heterocycles. The van der Waals surface area contributed by atoms with Gasteiger partial charge in [0.1, 0.15) is 0 Å². The van der Waals surface area contributed by atoms with Crippen LogP contribution in [0.5, 0.6) is 0 Å². The standard InChI is InChI=1S/C15H28BNO2/c1-9(2)6-12(17)16-18-13-11-7-10(14(11,3)4)8-15(13,5)19-16/h9-13H,6-8,17H2,1-5H3/t10-,11+,12?,13+,15-/m0/s1. The largest absolute Gasteiger partial charge is 0.475 e. The van der Waals surface area contributed by atoms with Gasteiger partial charge in [-0.25, -0.2) is 0 Å². The Morgan fingerprint density at radius 3 is 2.58 bits per heavy atom. The minimum atomic E-state index is -0.201. The van der Waals surface area contributed by atoms with Gasteiger partial charge < -0.3 is 15.0 Å². The lowest BCUT2D eigenvalue weighted by atomic mass is 9.45. The Hall–Kier alpha value is -0.0551. The Bertz CT molecular complexity index is 373. The average molecular weight is 265 g/mol. The minimum Gasteiger partial charge on any atom is -0.404 e. The van der Waals surface area contributed by atoms with Crippen LogP contribution in [0.4, 0.5) is 0 Å². The van der Waals surface area contributed by atoms with Crippen molar-refractivity contribution in [2.75, 3.05) is 0 Å². The first kappa shape index (κ1) is 13.9. The Kier molecular flexibility index (Phi) is 3.09. The van der Waals surface area contributed by atoms with E-state index < -0.39 is 0 Å². The van der Waals surface area contributed by atoms with Gasteiger partial charge in [0, 0.05) is 5.94 Å². The molecule has 4 aliphatic rings. The highest BCUT2D eigenvalue weighted by Crippen LogP contribution is 2.64. The fourth-order valence-electron chi connectivity index (χ4n) is 4.58. The summed E-state index contributed by atoms with van der Waals surface area (Å²) in [6, 6.07) is 0. The molecule has 3 aliphatic carbocycles. The molecule has 108 valence electrons. The smallest absolute Gasteiger partial charge is 0.404 e. The van der Waals surface area contributed by atoms with E-state index in [2.05, 4.69) is 34.6 Å². The lowest BCUT2D eigenvalue weighted by Crippen LogP contribution is -2.63. The normalized spacial score (nSPS) is 45.0. The van der Waals surface area contributed by atoms with Crippen molar-refractivity contribution in [3.63, 3.8) is 0 Å². The number of nitrogens with two attached hydrogens (primary N) is 1. The van der Waals surface area contributed by atoms with Gasteiger partial charge in [-0.1, -0.05) is 27.7 Å². The summed E-state index contributed by atoms with van der Waals surface area (Å²) in [5, 5.41) is 0. The molecule has 19 heavy (non-hydrogen) atoms. The molecule has 5 atom stereocenters. The van der Waals surface area contributed by atoms with Crippen molar-refractivity contribution in [3.8, 4) is 0 Å². The van der Waals surface area contributed by atoms with E-state index in [9.17, 15) is 0 Å². The van der Waals surface area contributed by atoms with Crippen molar-refractivity contribution >= 4 is 7.12 Å². The zero-order valence-corrected chi connectivity index (χ0v) is 13.0. The van der Waals surface area contributed by atoms with Crippen LogP contribution in [-0.4, -0.2) is 24.8 Å². The van der Waals surface area contributed by atoms with Crippen molar-refractivity contribution in [2.45, 2.75) is 71.5 Å². The first-order valence-corrected chi connectivity index (χ1v) is 7.83. The van der Waals surface area contributed by atoms with E-state index in [1.165, 1.54) is 6.42 Å². The predicted molar refractivity (Wildman–Crippen MR) is 77.5 cm³/mol. The molecule has 3 nitrogen and oxygen atoms in total. The highest BCUT2D eigenvalue weighted by Gasteiger charge is 2.67. The fourth-order valence-corrected chi connectivity index (χ4v) is 4.58. The molecule has 3 saturated carbocycles. The summed E-state index contributed by atoms with van der Waals surface area (Å²) in [4.78, 5) is 0. The maximum absolute atomic E-state index is 6.27. The van der Waals surface area contributed by atoms with E-state index in [1.54, 1.807) is 0 Å². The molecule has 1 unspecified atom stereocenters. The molecule has 4 rings (SSSR count). The van der Waals surface area contributed by atoms with Crippen molar-refractivity contribution in [3.05, 3.63) is 0 Å². The van der Waals surface area contributed by atoms with Gasteiger partial charge in [0.15, 0.2) is 0 Å². The van der Waals surface area contributed by atoms with Gasteiger partial charge in [-0.05, 0) is 49.4 Å². The second-order valence-electron chi connectivity index (χ2n) is 8.21. The van der Waals surface area contributed by atoms with Gasteiger partial charge in [0.2, 0.25) is 0 Å². The zero-order valence-electron chi connectivity index (χ0n) is 13.0. The molecular weight excluding hydrogens is 237 g/mol. The van der Waals surface area contributed by atoms with Gasteiger partial charge in [-0.15, -0.1) is 0 Å². The van der Waals surface area contributed by atoms with Crippen molar-refractivity contribution in [2.24, 2.45) is 28.9 Å². The summed E-state index contributed by atoms with van der Waals surface area (Å²) in [6.07, 6.45) is 3.65. The molecule has 4 heteroatoms. The summed E-state index contributed by atoms with van der Waals surface area (Å²) >= 11 is 0. The molecule has 0 aromatic carbocycles. The molecule has 0 amide bonds. The number of hydrogen-bond acceptors (Lipinski definition) is 3. The van der Waals surface area contributed by atoms with Crippen LogP contribution in [0, 0.1) is 23.2 Å². The Labute approximate surface area is 117 Å². The third kappa shape index (κ3) is 1.98. The average Bonchev–Trinajstić information content (AvgIpc) is 2.64. The van der Waals surface area contributed by atoms with Crippen LogP contribution in [0.3, 0.4) is 0 Å². The number of hydrogen-bond donors (Lipinski definition) is 1. The second-order valence-corrected chi connectivity index (χ2v) is 8.21. The highest BCUT2D eigenvalue weighted by molar-refractivity contribution is 6.47. The third-order valence-electron chi connectivity index (χ3n) is 5.92. The topological polar surface area (TPSA) is 44.5 Å². The maximum Gasteiger partial charge on any atom is 0.475 e. The highest BCUT2D eigenvalue weighted by atomic mass is 16.7. The van der Waals surface area contributed by atoms with Crippen molar-refractivity contribution in [1.29, 1.82) is 0 Å². The van der Waals surface area contributed by atoms with E-state index >= 15 is 0 Å². The summed E-state index contributed by atoms with van der Waals surface area (Å²) in [5.41, 5.74) is 6.60. The van der Waals surface area contributed by atoms with Gasteiger partial charge in [-0.3, -0.25) is 0 Å². The third-order valence-corrected chi connectivity index (χ3v) is 5.92. The molecular formula is C15H28BNO2. The molecule has 0 aromatic rings. The summed E-state index contributed by atoms with van der Waals surface area (Å²) in [7, 11) is -0.201. The molecule has 2 bridgehead atoms. The lowest BCUT2D eigenvalue weighted by molar-refractivity contribution is -0.185. The van der Waals surface area contributed by atoms with Crippen molar-refractivity contribution in [1.82, 2.24) is 0 Å². The monoisotopic (exact) mass is 265 g/mol. The van der Waals surface area contributed by atoms with Gasteiger partial charge in [0.05, 0.1) is 11.7 Å². The van der Waals surface area contributed by atoms with E-state index in [0.717, 1.165) is 18.8 Å². The van der Waals surface area contributed by atoms with Crippen LogP contribution in [0.25, 0.3) is 0 Å². The predicted octanol–water partition coefficient (Wildman–Crippen LogP) is 2.63. The Morgan fingerprint density at radius 1 is 1.32 bits per heavy atom. The summed E-state index contributed by atoms with van der Waals surface area (Å²) in [6.45, 7) is 11.4. The van der Waals surface area contributed by atoms with Crippen LogP contribution in [0.1, 0.15) is 53.9 Å². The quantitative estimate of drug-likeness (QED) is 0.798. The molecule has 1 heterocycles. The van der Waals surface area contributed by atoms with Crippen LogP contribution < -0.4 is 5.73 Å². The molecule has 0 radical (unpaired) electrons. The molecule has 1 saturated heterocycles. The van der Waals surface area contributed by atoms with E-state index in [-0.39, 0.29) is 24.8 Å². The first-order chi connectivity index (χ1) is 8.74. The van der Waals surface area contributed by atoms with E-state index in [0.29, 0.717) is 17.3 Å². The van der Waals surface area contributed by atoms with Gasteiger partial charge in [0.25, 0.3) is 0 Å². The molecule has 2 N–H and O–H groups in total. The van der Waals surface area contributed by atoms with Crippen LogP contribution in [0.2, 0.25) is 0 Å². The summed E-state index contributed by atoms with van der Waals surface area (Å²) in [5.74, 6) is 2.03. The Morgan fingerprint density at radius 2 is 2.00 bits per heavy atom. The van der Waals surface area contributed by atoms with Crippen LogP contribution in [-0.2, 0) is 9.31 Å². The number of rotatable bonds is 3. The molecule has 4 fully saturated rings. The fraction of sp³-hybridized carbons (Fsp3) is 1.00. The van der Waals surface area contributed by atoms with E-state index in [1.807, 2.05) is 0 Å². The van der Waals surface area contributed by atoms with Crippen LogP contribution >= 0.6 is 0 Å². The van der Waals surface area contributed by atoms with Gasteiger partial charge in [-0.2, -0.15) is 0 Å². The maximum atomic E-state index is 6.27. The molecule has 0 spiro atoms. The minimum absolute atomic E-state index is 0.00253. The summed E-state index contributed by atoms with van der Waals surface area (Å²) < 4.78 is 12.5. The van der Waals surface area contributed by atoms with E-state index in [4.69, 9.17) is 15.0 Å². The zero-order chi connectivity index (χ0) is 14.0. The van der Waals surface area contributed by atoms with Crippen LogP contribution in [0.15, 0.2) is 0 Å². The van der Waals surface area contributed by atoms with Gasteiger partial charge >= 0.3 is 7.12 Å². The van der Waals surface area contributed by atoms with Crippen molar-refractivity contribution < 1.29 is 9.31 Å². The molecule has 1 aliphatic heterocycles. The SMILES string of the molecule is CC(C)CC(N)B1O[C@@H]2[C@H]3C[C@@H](C[C@]2(C)O1)C3(C)C. The lowest BCUT2D eigenvalue weighted by Gasteiger charge is -2.63. The first-order valence-electron chi connectivity index (χ1n) is 7.83.